The van der Waals surface area contributed by atoms with Gasteiger partial charge in [0.2, 0.25) is 10.0 Å². The zero-order valence-corrected chi connectivity index (χ0v) is 13.5. The lowest BCUT2D eigenvalue weighted by molar-refractivity contribution is 0.283. The molecule has 0 amide bonds. The van der Waals surface area contributed by atoms with Crippen LogP contribution in [0.15, 0.2) is 29.2 Å². The van der Waals surface area contributed by atoms with Crippen LogP contribution in [0.25, 0.3) is 0 Å². The molecule has 1 aromatic rings. The number of nitrogens with two attached hydrogens (primary N) is 1. The molecule has 0 radical (unpaired) electrons. The van der Waals surface area contributed by atoms with Gasteiger partial charge in [-0.25, -0.2) is 13.1 Å². The third-order valence-electron chi connectivity index (χ3n) is 4.27. The second-order valence-corrected chi connectivity index (χ2v) is 7.94. The fourth-order valence-electron chi connectivity index (χ4n) is 3.06. The van der Waals surface area contributed by atoms with E-state index in [9.17, 15) is 8.42 Å². The molecule has 4 nitrogen and oxygen atoms in total. The average molecular weight is 310 g/mol. The van der Waals surface area contributed by atoms with Crippen LogP contribution in [-0.2, 0) is 16.4 Å². The predicted molar refractivity (Wildman–Crippen MR) is 85.5 cm³/mol. The van der Waals surface area contributed by atoms with Crippen LogP contribution in [0.4, 0.5) is 0 Å². The molecule has 0 spiro atoms. The molecule has 118 valence electrons. The molecule has 0 aromatic heterocycles. The van der Waals surface area contributed by atoms with Gasteiger partial charge < -0.3 is 5.73 Å². The number of hydrogen-bond donors (Lipinski definition) is 2. The Morgan fingerprint density at radius 1 is 1.24 bits per heavy atom. The van der Waals surface area contributed by atoms with Crippen molar-refractivity contribution in [2.45, 2.75) is 43.9 Å². The Hall–Kier alpha value is -0.910. The summed E-state index contributed by atoms with van der Waals surface area (Å²) >= 11 is 0. The zero-order valence-electron chi connectivity index (χ0n) is 12.7. The minimum Gasteiger partial charge on any atom is -0.330 e. The van der Waals surface area contributed by atoms with E-state index < -0.39 is 10.0 Å². The van der Waals surface area contributed by atoms with E-state index in [-0.39, 0.29) is 0 Å². The monoisotopic (exact) mass is 310 g/mol. The van der Waals surface area contributed by atoms with E-state index in [1.54, 1.807) is 12.1 Å². The van der Waals surface area contributed by atoms with Crippen LogP contribution >= 0.6 is 0 Å². The van der Waals surface area contributed by atoms with Gasteiger partial charge in [0, 0.05) is 6.54 Å². The number of hydrogen-bond acceptors (Lipinski definition) is 3. The average Bonchev–Trinajstić information content (AvgIpc) is 2.46. The van der Waals surface area contributed by atoms with Gasteiger partial charge in [0.05, 0.1) is 4.90 Å². The smallest absolute Gasteiger partial charge is 0.240 e. The molecule has 0 heterocycles. The highest BCUT2D eigenvalue weighted by atomic mass is 32.2. The van der Waals surface area contributed by atoms with E-state index in [1.807, 2.05) is 12.1 Å². The molecule has 0 saturated heterocycles. The molecular weight excluding hydrogens is 284 g/mol. The Balaban J connectivity index is 1.94. The maximum Gasteiger partial charge on any atom is 0.240 e. The van der Waals surface area contributed by atoms with Gasteiger partial charge in [0.25, 0.3) is 0 Å². The van der Waals surface area contributed by atoms with Crippen molar-refractivity contribution in [3.05, 3.63) is 29.8 Å². The third kappa shape index (κ3) is 4.80. The van der Waals surface area contributed by atoms with Gasteiger partial charge >= 0.3 is 0 Å². The number of benzene rings is 1. The number of rotatable bonds is 6. The van der Waals surface area contributed by atoms with E-state index in [2.05, 4.69) is 11.6 Å². The first-order valence-electron chi connectivity index (χ1n) is 7.80. The minimum absolute atomic E-state index is 0.340. The summed E-state index contributed by atoms with van der Waals surface area (Å²) in [6.45, 7) is 3.37. The fourth-order valence-corrected chi connectivity index (χ4v) is 4.17. The highest BCUT2D eigenvalue weighted by molar-refractivity contribution is 7.89. The fraction of sp³-hybridized carbons (Fsp3) is 0.625. The molecular formula is C16H26N2O2S. The standard InChI is InChI=1S/C16H26N2O2S/c1-13-3-2-4-15(11-13)12-18-21(19,20)16-7-5-14(6-8-16)9-10-17/h5-8,13,15,18H,2-4,9-12,17H2,1H3. The first kappa shape index (κ1) is 16.5. The van der Waals surface area contributed by atoms with Gasteiger partial charge in [0.15, 0.2) is 0 Å². The van der Waals surface area contributed by atoms with Gasteiger partial charge in [-0.05, 0) is 55.3 Å². The maximum atomic E-state index is 12.3. The molecule has 0 aliphatic heterocycles. The van der Waals surface area contributed by atoms with Gasteiger partial charge in [0.1, 0.15) is 0 Å². The topological polar surface area (TPSA) is 72.2 Å². The van der Waals surface area contributed by atoms with Gasteiger partial charge in [-0.15, -0.1) is 0 Å². The highest BCUT2D eigenvalue weighted by Crippen LogP contribution is 2.28. The van der Waals surface area contributed by atoms with E-state index in [0.29, 0.717) is 29.8 Å². The molecule has 1 aromatic carbocycles. The van der Waals surface area contributed by atoms with Crippen LogP contribution in [0.3, 0.4) is 0 Å². The summed E-state index contributed by atoms with van der Waals surface area (Å²) in [5.74, 6) is 1.18. The quantitative estimate of drug-likeness (QED) is 0.847. The van der Waals surface area contributed by atoms with Crippen LogP contribution in [0, 0.1) is 11.8 Å². The molecule has 2 unspecified atom stereocenters. The van der Waals surface area contributed by atoms with Crippen molar-refractivity contribution in [2.75, 3.05) is 13.1 Å². The molecule has 1 aliphatic rings. The Bertz CT molecular complexity index is 540. The largest absolute Gasteiger partial charge is 0.330 e. The predicted octanol–water partition coefficient (Wildman–Crippen LogP) is 2.29. The van der Waals surface area contributed by atoms with E-state index in [1.165, 1.54) is 12.8 Å². The van der Waals surface area contributed by atoms with Crippen LogP contribution in [0.5, 0.6) is 0 Å². The van der Waals surface area contributed by atoms with Crippen molar-refractivity contribution in [3.8, 4) is 0 Å². The lowest BCUT2D eigenvalue weighted by Gasteiger charge is -2.26. The molecule has 2 atom stereocenters. The zero-order chi connectivity index (χ0) is 15.3. The second kappa shape index (κ2) is 7.38. The number of sulfonamides is 1. The Morgan fingerprint density at radius 3 is 2.57 bits per heavy atom. The number of nitrogens with one attached hydrogen (secondary N) is 1. The van der Waals surface area contributed by atoms with Crippen LogP contribution < -0.4 is 10.5 Å². The molecule has 21 heavy (non-hydrogen) atoms. The van der Waals surface area contributed by atoms with Crippen molar-refractivity contribution in [2.24, 2.45) is 17.6 Å². The maximum absolute atomic E-state index is 12.3. The molecule has 2 rings (SSSR count). The second-order valence-electron chi connectivity index (χ2n) is 6.17. The summed E-state index contributed by atoms with van der Waals surface area (Å²) in [7, 11) is -3.39. The lowest BCUT2D eigenvalue weighted by Crippen LogP contribution is -2.31. The van der Waals surface area contributed by atoms with E-state index in [4.69, 9.17) is 5.73 Å². The highest BCUT2D eigenvalue weighted by Gasteiger charge is 2.21. The molecule has 5 heteroatoms. The van der Waals surface area contributed by atoms with Gasteiger partial charge in [-0.2, -0.15) is 0 Å². The van der Waals surface area contributed by atoms with Crippen LogP contribution in [-0.4, -0.2) is 21.5 Å². The summed E-state index contributed by atoms with van der Waals surface area (Å²) in [4.78, 5) is 0.340. The van der Waals surface area contributed by atoms with E-state index >= 15 is 0 Å². The molecule has 1 saturated carbocycles. The Kier molecular flexibility index (Phi) is 5.79. The summed E-state index contributed by atoms with van der Waals surface area (Å²) in [6, 6.07) is 7.00. The third-order valence-corrected chi connectivity index (χ3v) is 5.71. The summed E-state index contributed by atoms with van der Waals surface area (Å²) in [5, 5.41) is 0. The normalized spacial score (nSPS) is 23.1. The van der Waals surface area contributed by atoms with Crippen molar-refractivity contribution in [1.82, 2.24) is 4.72 Å². The first-order chi connectivity index (χ1) is 10.0. The summed E-state index contributed by atoms with van der Waals surface area (Å²) in [6.07, 6.45) is 5.50. The molecule has 3 N–H and O–H groups in total. The van der Waals surface area contributed by atoms with E-state index in [0.717, 1.165) is 24.8 Å². The van der Waals surface area contributed by atoms with Gasteiger partial charge in [-0.3, -0.25) is 0 Å². The Labute approximate surface area is 128 Å². The first-order valence-corrected chi connectivity index (χ1v) is 9.28. The molecule has 1 fully saturated rings. The minimum atomic E-state index is -3.39. The SMILES string of the molecule is CC1CCCC(CNS(=O)(=O)c2ccc(CCN)cc2)C1. The lowest BCUT2D eigenvalue weighted by atomic mass is 9.83. The summed E-state index contributed by atoms with van der Waals surface area (Å²) < 4.78 is 27.3. The van der Waals surface area contributed by atoms with Crippen molar-refractivity contribution >= 4 is 10.0 Å². The van der Waals surface area contributed by atoms with Crippen molar-refractivity contribution < 1.29 is 8.42 Å². The molecule has 0 bridgehead atoms. The molecule has 1 aliphatic carbocycles. The van der Waals surface area contributed by atoms with Gasteiger partial charge in [-0.1, -0.05) is 31.9 Å². The van der Waals surface area contributed by atoms with Crippen molar-refractivity contribution in [3.63, 3.8) is 0 Å². The van der Waals surface area contributed by atoms with Crippen LogP contribution in [0.2, 0.25) is 0 Å². The summed E-state index contributed by atoms with van der Waals surface area (Å²) in [5.41, 5.74) is 6.56. The van der Waals surface area contributed by atoms with Crippen LogP contribution in [0.1, 0.15) is 38.2 Å². The Morgan fingerprint density at radius 2 is 1.95 bits per heavy atom. The van der Waals surface area contributed by atoms with Crippen molar-refractivity contribution in [1.29, 1.82) is 0 Å².